The molecule has 92 valence electrons. The third kappa shape index (κ3) is 3.09. The van der Waals surface area contributed by atoms with Gasteiger partial charge in [-0.2, -0.15) is 0 Å². The van der Waals surface area contributed by atoms with Gasteiger partial charge in [0, 0.05) is 22.1 Å². The van der Waals surface area contributed by atoms with E-state index in [0.29, 0.717) is 16.3 Å². The van der Waals surface area contributed by atoms with Crippen molar-refractivity contribution >= 4 is 39.1 Å². The third-order valence-corrected chi connectivity index (χ3v) is 3.12. The molecule has 0 spiro atoms. The summed E-state index contributed by atoms with van der Waals surface area (Å²) in [4.78, 5) is 16.1. The van der Waals surface area contributed by atoms with Crippen molar-refractivity contribution in [1.29, 1.82) is 0 Å². The fraction of sp³-hybridized carbons (Fsp3) is 0.0769. The van der Waals surface area contributed by atoms with Crippen LogP contribution in [0, 0.1) is 6.92 Å². The Balaban J connectivity index is 2.22. The first-order valence-corrected chi connectivity index (χ1v) is 6.42. The molecule has 0 unspecified atom stereocenters. The number of nitrogens with zero attached hydrogens (tertiary/aromatic N) is 1. The summed E-state index contributed by atoms with van der Waals surface area (Å²) in [5, 5.41) is 3.16. The van der Waals surface area contributed by atoms with Crippen LogP contribution in [0.25, 0.3) is 0 Å². The molecule has 0 saturated heterocycles. The molecule has 5 heteroatoms. The largest absolute Gasteiger partial charge is 0.322 e. The maximum absolute atomic E-state index is 12.0. The number of halogens is 2. The Bertz CT molecular complexity index is 601. The summed E-state index contributed by atoms with van der Waals surface area (Å²) in [6.07, 6.45) is 1.48. The molecule has 1 amide bonds. The smallest absolute Gasteiger partial charge is 0.258 e. The number of amides is 1. The van der Waals surface area contributed by atoms with Gasteiger partial charge in [-0.05, 0) is 31.2 Å². The summed E-state index contributed by atoms with van der Waals surface area (Å²) in [5.74, 6) is -0.273. The van der Waals surface area contributed by atoms with E-state index in [1.54, 1.807) is 12.1 Å². The van der Waals surface area contributed by atoms with Gasteiger partial charge in [0.05, 0.1) is 10.6 Å². The molecule has 2 aromatic rings. The summed E-state index contributed by atoms with van der Waals surface area (Å²) in [7, 11) is 0. The maximum atomic E-state index is 12.0. The topological polar surface area (TPSA) is 42.0 Å². The highest BCUT2D eigenvalue weighted by Gasteiger charge is 2.11. The molecule has 18 heavy (non-hydrogen) atoms. The Morgan fingerprint density at radius 2 is 2.17 bits per heavy atom. The number of aromatic nitrogens is 1. The van der Waals surface area contributed by atoms with E-state index in [4.69, 9.17) is 11.6 Å². The van der Waals surface area contributed by atoms with Crippen LogP contribution in [0.1, 0.15) is 16.1 Å². The highest BCUT2D eigenvalue weighted by atomic mass is 79.9. The van der Waals surface area contributed by atoms with Gasteiger partial charge in [-0.15, -0.1) is 0 Å². The molecule has 0 aliphatic rings. The lowest BCUT2D eigenvalue weighted by Gasteiger charge is -2.07. The van der Waals surface area contributed by atoms with Crippen molar-refractivity contribution in [2.24, 2.45) is 0 Å². The lowest BCUT2D eigenvalue weighted by Crippen LogP contribution is -2.13. The van der Waals surface area contributed by atoms with E-state index in [2.05, 4.69) is 26.2 Å². The number of rotatable bonds is 2. The number of aryl methyl sites for hydroxylation is 1. The van der Waals surface area contributed by atoms with Crippen molar-refractivity contribution in [3.05, 3.63) is 57.3 Å². The van der Waals surface area contributed by atoms with Crippen LogP contribution < -0.4 is 5.32 Å². The zero-order valence-corrected chi connectivity index (χ0v) is 11.9. The Morgan fingerprint density at radius 1 is 1.39 bits per heavy atom. The van der Waals surface area contributed by atoms with Crippen molar-refractivity contribution in [2.75, 3.05) is 5.32 Å². The first kappa shape index (κ1) is 13.1. The fourth-order valence-corrected chi connectivity index (χ4v) is 2.15. The number of hydrogen-bond donors (Lipinski definition) is 1. The van der Waals surface area contributed by atoms with Gasteiger partial charge in [-0.1, -0.05) is 33.6 Å². The SMILES string of the molecule is Cc1cc(Cl)c(C(=O)Nc2cccc(Br)c2)cn1. The fourth-order valence-electron chi connectivity index (χ4n) is 1.46. The average molecular weight is 326 g/mol. The van der Waals surface area contributed by atoms with Crippen molar-refractivity contribution < 1.29 is 4.79 Å². The quantitative estimate of drug-likeness (QED) is 0.905. The molecule has 0 radical (unpaired) electrons. The predicted octanol–water partition coefficient (Wildman–Crippen LogP) is 4.06. The molecule has 1 N–H and O–H groups in total. The van der Waals surface area contributed by atoms with Crippen molar-refractivity contribution in [3.63, 3.8) is 0 Å². The van der Waals surface area contributed by atoms with Gasteiger partial charge in [0.15, 0.2) is 0 Å². The van der Waals surface area contributed by atoms with Crippen LogP contribution in [0.4, 0.5) is 5.69 Å². The van der Waals surface area contributed by atoms with Crippen LogP contribution in [-0.2, 0) is 0 Å². The molecule has 1 heterocycles. The van der Waals surface area contributed by atoms with Gasteiger partial charge in [0.1, 0.15) is 0 Å². The molecule has 0 fully saturated rings. The number of nitrogens with one attached hydrogen (secondary N) is 1. The second kappa shape index (κ2) is 5.50. The molecule has 3 nitrogen and oxygen atoms in total. The first-order valence-electron chi connectivity index (χ1n) is 5.25. The molecule has 0 aliphatic carbocycles. The Morgan fingerprint density at radius 3 is 2.83 bits per heavy atom. The van der Waals surface area contributed by atoms with E-state index in [1.165, 1.54) is 6.20 Å². The number of pyridine rings is 1. The van der Waals surface area contributed by atoms with Crippen LogP contribution in [-0.4, -0.2) is 10.9 Å². The van der Waals surface area contributed by atoms with Crippen molar-refractivity contribution in [3.8, 4) is 0 Å². The Kier molecular flexibility index (Phi) is 3.99. The Hall–Kier alpha value is -1.39. The second-order valence-corrected chi connectivity index (χ2v) is 5.09. The number of benzene rings is 1. The minimum Gasteiger partial charge on any atom is -0.322 e. The minimum atomic E-state index is -0.273. The number of anilines is 1. The number of carbonyl (C=O) groups is 1. The maximum Gasteiger partial charge on any atom is 0.258 e. The zero-order valence-electron chi connectivity index (χ0n) is 9.58. The highest BCUT2D eigenvalue weighted by Crippen LogP contribution is 2.19. The molecular formula is C13H10BrClN2O. The molecule has 0 bridgehead atoms. The third-order valence-electron chi connectivity index (χ3n) is 2.32. The van der Waals surface area contributed by atoms with E-state index in [9.17, 15) is 4.79 Å². The summed E-state index contributed by atoms with van der Waals surface area (Å²) in [6, 6.07) is 9.01. The van der Waals surface area contributed by atoms with E-state index >= 15 is 0 Å². The van der Waals surface area contributed by atoms with Gasteiger partial charge in [-0.3, -0.25) is 9.78 Å². The first-order chi connectivity index (χ1) is 8.56. The summed E-state index contributed by atoms with van der Waals surface area (Å²) >= 11 is 9.35. The van der Waals surface area contributed by atoms with Gasteiger partial charge in [-0.25, -0.2) is 0 Å². The molecule has 1 aromatic carbocycles. The lowest BCUT2D eigenvalue weighted by molar-refractivity contribution is 0.102. The molecule has 0 saturated carbocycles. The van der Waals surface area contributed by atoms with Gasteiger partial charge in [0.25, 0.3) is 5.91 Å². The van der Waals surface area contributed by atoms with E-state index < -0.39 is 0 Å². The van der Waals surface area contributed by atoms with Crippen LogP contribution in [0.5, 0.6) is 0 Å². The number of hydrogen-bond acceptors (Lipinski definition) is 2. The van der Waals surface area contributed by atoms with E-state index in [-0.39, 0.29) is 5.91 Å². The molecule has 1 aromatic heterocycles. The summed E-state index contributed by atoms with van der Waals surface area (Å²) in [6.45, 7) is 1.82. The van der Waals surface area contributed by atoms with Gasteiger partial charge < -0.3 is 5.32 Å². The second-order valence-electron chi connectivity index (χ2n) is 3.77. The normalized spacial score (nSPS) is 10.2. The van der Waals surface area contributed by atoms with Gasteiger partial charge >= 0.3 is 0 Å². The Labute approximate surface area is 118 Å². The minimum absolute atomic E-state index is 0.273. The lowest BCUT2D eigenvalue weighted by atomic mass is 10.2. The predicted molar refractivity (Wildman–Crippen MR) is 76.1 cm³/mol. The van der Waals surface area contributed by atoms with Crippen molar-refractivity contribution in [2.45, 2.75) is 6.92 Å². The van der Waals surface area contributed by atoms with Crippen LogP contribution >= 0.6 is 27.5 Å². The average Bonchev–Trinajstić information content (AvgIpc) is 2.28. The molecular weight excluding hydrogens is 316 g/mol. The summed E-state index contributed by atoms with van der Waals surface area (Å²) in [5.41, 5.74) is 1.84. The zero-order chi connectivity index (χ0) is 13.1. The standard InChI is InChI=1S/C13H10BrClN2O/c1-8-5-12(15)11(7-16-8)13(18)17-10-4-2-3-9(14)6-10/h2-7H,1H3,(H,17,18). The highest BCUT2D eigenvalue weighted by molar-refractivity contribution is 9.10. The van der Waals surface area contributed by atoms with E-state index in [1.807, 2.05) is 25.1 Å². The monoisotopic (exact) mass is 324 g/mol. The van der Waals surface area contributed by atoms with Crippen LogP contribution in [0.2, 0.25) is 5.02 Å². The summed E-state index contributed by atoms with van der Waals surface area (Å²) < 4.78 is 0.897. The molecule has 0 aliphatic heterocycles. The molecule has 0 atom stereocenters. The number of carbonyl (C=O) groups excluding carboxylic acids is 1. The van der Waals surface area contributed by atoms with Crippen LogP contribution in [0.15, 0.2) is 41.0 Å². The van der Waals surface area contributed by atoms with Crippen molar-refractivity contribution in [1.82, 2.24) is 4.98 Å². The molecule has 2 rings (SSSR count). The van der Waals surface area contributed by atoms with E-state index in [0.717, 1.165) is 10.2 Å². The van der Waals surface area contributed by atoms with Gasteiger partial charge in [0.2, 0.25) is 0 Å². The van der Waals surface area contributed by atoms with Crippen LogP contribution in [0.3, 0.4) is 0 Å².